The van der Waals surface area contributed by atoms with E-state index in [1.54, 1.807) is 0 Å². The molecule has 2 rings (SSSR count). The minimum atomic E-state index is -4.36. The molecule has 0 bridgehead atoms. The first kappa shape index (κ1) is 16.4. The van der Waals surface area contributed by atoms with Gasteiger partial charge in [-0.3, -0.25) is 0 Å². The molecule has 0 saturated heterocycles. The minimum Gasteiger partial charge on any atom is -0.324 e. The third kappa shape index (κ3) is 4.04. The molecule has 1 nitrogen and oxygen atoms in total. The van der Waals surface area contributed by atoms with Gasteiger partial charge in [0.2, 0.25) is 0 Å². The highest BCUT2D eigenvalue weighted by Crippen LogP contribution is 2.29. The van der Waals surface area contributed by atoms with E-state index in [-0.39, 0.29) is 0 Å². The van der Waals surface area contributed by atoms with Crippen molar-refractivity contribution >= 4 is 0 Å². The number of hydrogen-bond acceptors (Lipinski definition) is 1. The Hall–Kier alpha value is -1.95. The molecule has 0 spiro atoms. The van der Waals surface area contributed by atoms with E-state index in [2.05, 4.69) is 0 Å². The quantitative estimate of drug-likeness (QED) is 0.819. The van der Waals surface area contributed by atoms with Crippen molar-refractivity contribution in [1.29, 1.82) is 0 Å². The minimum absolute atomic E-state index is 0.413. The van der Waals surface area contributed by atoms with Crippen LogP contribution in [-0.4, -0.2) is 0 Å². The Kier molecular flexibility index (Phi) is 4.81. The topological polar surface area (TPSA) is 26.0 Å². The second-order valence-electron chi connectivity index (χ2n) is 5.01. The third-order valence-corrected chi connectivity index (χ3v) is 3.40. The van der Waals surface area contributed by atoms with Crippen LogP contribution in [0.25, 0.3) is 0 Å². The van der Waals surface area contributed by atoms with Crippen molar-refractivity contribution in [2.75, 3.05) is 0 Å². The summed E-state index contributed by atoms with van der Waals surface area (Å²) in [7, 11) is 0. The van der Waals surface area contributed by atoms with Crippen LogP contribution in [0.1, 0.15) is 29.2 Å². The van der Waals surface area contributed by atoms with Gasteiger partial charge in [-0.1, -0.05) is 18.2 Å². The summed E-state index contributed by atoms with van der Waals surface area (Å²) in [6.07, 6.45) is -3.50. The highest BCUT2D eigenvalue weighted by Gasteiger charge is 2.29. The largest absolute Gasteiger partial charge is 0.416 e. The van der Waals surface area contributed by atoms with Crippen LogP contribution in [0.4, 0.5) is 22.0 Å². The van der Waals surface area contributed by atoms with Gasteiger partial charge in [0.15, 0.2) is 11.6 Å². The fourth-order valence-corrected chi connectivity index (χ4v) is 2.09. The Morgan fingerprint density at radius 1 is 0.909 bits per heavy atom. The van der Waals surface area contributed by atoms with Crippen molar-refractivity contribution in [3.63, 3.8) is 0 Å². The number of benzene rings is 2. The molecule has 1 atom stereocenters. The van der Waals surface area contributed by atoms with Gasteiger partial charge in [0.1, 0.15) is 0 Å². The molecule has 0 radical (unpaired) electrons. The number of hydrogen-bond donors (Lipinski definition) is 1. The van der Waals surface area contributed by atoms with Crippen molar-refractivity contribution in [1.82, 2.24) is 0 Å². The summed E-state index contributed by atoms with van der Waals surface area (Å²) < 4.78 is 63.3. The van der Waals surface area contributed by atoms with Crippen LogP contribution < -0.4 is 5.73 Å². The third-order valence-electron chi connectivity index (χ3n) is 3.40. The molecule has 0 aliphatic carbocycles. The van der Waals surface area contributed by atoms with Gasteiger partial charge >= 0.3 is 6.18 Å². The molecule has 0 aromatic heterocycles. The molecule has 0 fully saturated rings. The molecule has 2 aromatic carbocycles. The van der Waals surface area contributed by atoms with Crippen LogP contribution in [0.3, 0.4) is 0 Å². The maximum Gasteiger partial charge on any atom is 0.416 e. The summed E-state index contributed by atoms with van der Waals surface area (Å²) in [5.74, 6) is -1.92. The molecule has 2 aromatic rings. The van der Waals surface area contributed by atoms with Gasteiger partial charge in [0, 0.05) is 6.04 Å². The van der Waals surface area contributed by atoms with Crippen molar-refractivity contribution in [2.24, 2.45) is 5.73 Å². The number of halogens is 5. The van der Waals surface area contributed by atoms with E-state index in [1.807, 2.05) is 0 Å². The molecule has 22 heavy (non-hydrogen) atoms. The maximum absolute atomic E-state index is 13.1. The van der Waals surface area contributed by atoms with Gasteiger partial charge in [-0.2, -0.15) is 13.2 Å². The van der Waals surface area contributed by atoms with Crippen molar-refractivity contribution < 1.29 is 22.0 Å². The first-order valence-electron chi connectivity index (χ1n) is 6.64. The van der Waals surface area contributed by atoms with E-state index in [4.69, 9.17) is 5.73 Å². The normalized spacial score (nSPS) is 13.2. The summed E-state index contributed by atoms with van der Waals surface area (Å²) in [4.78, 5) is 0. The lowest BCUT2D eigenvalue weighted by atomic mass is 9.99. The smallest absolute Gasteiger partial charge is 0.324 e. The SMILES string of the molecule is NC(CCc1ccc(C(F)(F)F)cc1)c1ccc(F)c(F)c1. The summed E-state index contributed by atoms with van der Waals surface area (Å²) in [6, 6.07) is 7.72. The zero-order chi connectivity index (χ0) is 16.3. The van der Waals surface area contributed by atoms with Crippen molar-refractivity contribution in [2.45, 2.75) is 25.1 Å². The monoisotopic (exact) mass is 315 g/mol. The highest BCUT2D eigenvalue weighted by atomic mass is 19.4. The van der Waals surface area contributed by atoms with Crippen LogP contribution in [-0.2, 0) is 12.6 Å². The molecule has 0 aliphatic heterocycles. The predicted molar refractivity (Wildman–Crippen MR) is 73.1 cm³/mol. The zero-order valence-electron chi connectivity index (χ0n) is 11.5. The molecule has 118 valence electrons. The fourth-order valence-electron chi connectivity index (χ4n) is 2.09. The van der Waals surface area contributed by atoms with Gasteiger partial charge < -0.3 is 5.73 Å². The Balaban J connectivity index is 1.98. The van der Waals surface area contributed by atoms with Crippen LogP contribution in [0.5, 0.6) is 0 Å². The van der Waals surface area contributed by atoms with E-state index in [0.29, 0.717) is 24.0 Å². The summed E-state index contributed by atoms with van der Waals surface area (Å²) >= 11 is 0. The Morgan fingerprint density at radius 2 is 1.55 bits per heavy atom. The number of rotatable bonds is 4. The van der Waals surface area contributed by atoms with Gasteiger partial charge in [-0.05, 0) is 48.2 Å². The lowest BCUT2D eigenvalue weighted by Gasteiger charge is -2.13. The average Bonchev–Trinajstić information content (AvgIpc) is 2.47. The van der Waals surface area contributed by atoms with Gasteiger partial charge in [0.25, 0.3) is 0 Å². The Labute approximate surface area is 124 Å². The van der Waals surface area contributed by atoms with E-state index in [1.165, 1.54) is 18.2 Å². The molecule has 0 heterocycles. The van der Waals surface area contributed by atoms with Crippen LogP contribution >= 0.6 is 0 Å². The summed E-state index contributed by atoms with van der Waals surface area (Å²) in [6.45, 7) is 0. The predicted octanol–water partition coefficient (Wildman–Crippen LogP) is 4.62. The Morgan fingerprint density at radius 3 is 2.09 bits per heavy atom. The van der Waals surface area contributed by atoms with Crippen LogP contribution in [0.2, 0.25) is 0 Å². The van der Waals surface area contributed by atoms with Gasteiger partial charge in [-0.25, -0.2) is 8.78 Å². The molecule has 2 N–H and O–H groups in total. The lowest BCUT2D eigenvalue weighted by Crippen LogP contribution is -2.12. The number of nitrogens with two attached hydrogens (primary N) is 1. The highest BCUT2D eigenvalue weighted by molar-refractivity contribution is 5.26. The molecular weight excluding hydrogens is 301 g/mol. The maximum atomic E-state index is 13.1. The lowest BCUT2D eigenvalue weighted by molar-refractivity contribution is -0.137. The molecule has 0 amide bonds. The molecule has 1 unspecified atom stereocenters. The van der Waals surface area contributed by atoms with Gasteiger partial charge in [0.05, 0.1) is 5.56 Å². The first-order chi connectivity index (χ1) is 10.3. The van der Waals surface area contributed by atoms with E-state index >= 15 is 0 Å². The van der Waals surface area contributed by atoms with E-state index in [0.717, 1.165) is 24.3 Å². The van der Waals surface area contributed by atoms with Crippen LogP contribution in [0.15, 0.2) is 42.5 Å². The van der Waals surface area contributed by atoms with Crippen molar-refractivity contribution in [3.8, 4) is 0 Å². The Bertz CT molecular complexity index is 634. The fraction of sp³-hybridized carbons (Fsp3) is 0.250. The first-order valence-corrected chi connectivity index (χ1v) is 6.64. The zero-order valence-corrected chi connectivity index (χ0v) is 11.5. The number of alkyl halides is 3. The van der Waals surface area contributed by atoms with Crippen molar-refractivity contribution in [3.05, 3.63) is 70.8 Å². The van der Waals surface area contributed by atoms with E-state index in [9.17, 15) is 22.0 Å². The molecule has 6 heteroatoms. The summed E-state index contributed by atoms with van der Waals surface area (Å²) in [5, 5.41) is 0. The second kappa shape index (κ2) is 6.44. The molecule has 0 saturated carbocycles. The molecule has 0 aliphatic rings. The van der Waals surface area contributed by atoms with Crippen LogP contribution in [0, 0.1) is 11.6 Å². The van der Waals surface area contributed by atoms with Gasteiger partial charge in [-0.15, -0.1) is 0 Å². The van der Waals surface area contributed by atoms with E-state index < -0.39 is 29.4 Å². The number of aryl methyl sites for hydroxylation is 1. The molecular formula is C16H14F5N. The average molecular weight is 315 g/mol. The second-order valence-corrected chi connectivity index (χ2v) is 5.01. The standard InChI is InChI=1S/C16H14F5N/c17-13-7-4-11(9-14(13)18)15(22)8-3-10-1-5-12(6-2-10)16(19,20)21/h1-2,4-7,9,15H,3,8,22H2. The summed E-state index contributed by atoms with van der Waals surface area (Å²) in [5.41, 5.74) is 6.33.